The van der Waals surface area contributed by atoms with E-state index < -0.39 is 36.6 Å². The molecule has 376 valence electrons. The number of pyridine rings is 1. The molecule has 3 aliphatic rings. The number of aromatic nitrogens is 4. The van der Waals surface area contributed by atoms with Crippen LogP contribution in [0.3, 0.4) is 0 Å². The second-order valence-electron chi connectivity index (χ2n) is 18.9. The summed E-state index contributed by atoms with van der Waals surface area (Å²) >= 11 is 3.63. The van der Waals surface area contributed by atoms with Gasteiger partial charge in [-0.1, -0.05) is 19.9 Å². The topological polar surface area (TPSA) is 201 Å². The van der Waals surface area contributed by atoms with E-state index in [2.05, 4.69) is 78.4 Å². The second-order valence-corrected chi connectivity index (χ2v) is 22.9. The minimum absolute atomic E-state index is 0.0886. The zero-order valence-electron chi connectivity index (χ0n) is 40.9. The van der Waals surface area contributed by atoms with Crippen molar-refractivity contribution in [1.82, 2.24) is 35.5 Å². The Bertz CT molecular complexity index is 3080. The first-order valence-electron chi connectivity index (χ1n) is 24.7. The van der Waals surface area contributed by atoms with Gasteiger partial charge in [0.2, 0.25) is 17.8 Å². The maximum atomic E-state index is 15.0. The Hall–Kier alpha value is -5.88. The molecule has 71 heavy (non-hydrogen) atoms. The third-order valence-corrected chi connectivity index (χ3v) is 15.9. The molecule has 1 unspecified atom stereocenters. The first-order chi connectivity index (χ1) is 34.2. The number of hydrogen-bond acceptors (Lipinski definition) is 15. The monoisotopic (exact) mass is 1050 g/mol. The minimum Gasteiger partial charge on any atom is -0.492 e. The van der Waals surface area contributed by atoms with Crippen LogP contribution >= 0.6 is 23.1 Å². The number of imide groups is 1. The summed E-state index contributed by atoms with van der Waals surface area (Å²) in [5.74, 6) is -0.326. The van der Waals surface area contributed by atoms with Crippen LogP contribution in [-0.4, -0.2) is 103 Å². The summed E-state index contributed by atoms with van der Waals surface area (Å²) in [5, 5.41) is 18.1. The van der Waals surface area contributed by atoms with Crippen LogP contribution in [0.2, 0.25) is 0 Å². The van der Waals surface area contributed by atoms with E-state index >= 15 is 4.39 Å². The van der Waals surface area contributed by atoms with Gasteiger partial charge >= 0.3 is 5.76 Å². The molecule has 0 radical (unpaired) electrons. The quantitative estimate of drug-likeness (QED) is 0.0318. The third kappa shape index (κ3) is 11.0. The summed E-state index contributed by atoms with van der Waals surface area (Å²) in [7, 11) is -2.75. The number of carbonyl (C=O) groups is 2. The summed E-state index contributed by atoms with van der Waals surface area (Å²) in [6, 6.07) is 14.2. The number of carbonyl (C=O) groups excluding carboxylic acids is 2. The molecule has 6 heterocycles. The van der Waals surface area contributed by atoms with Crippen molar-refractivity contribution in [3.63, 3.8) is 0 Å². The Morgan fingerprint density at radius 3 is 2.45 bits per heavy atom. The average molecular weight is 1060 g/mol. The van der Waals surface area contributed by atoms with E-state index in [-0.39, 0.29) is 23.9 Å². The summed E-state index contributed by atoms with van der Waals surface area (Å²) in [6.07, 6.45) is 6.45. The molecule has 3 fully saturated rings. The third-order valence-electron chi connectivity index (χ3n) is 13.7. The molecule has 5 N–H and O–H groups in total. The highest BCUT2D eigenvalue weighted by molar-refractivity contribution is 9.10. The number of fused-ring (bicyclic) bond motifs is 2. The zero-order chi connectivity index (χ0) is 50.0. The van der Waals surface area contributed by atoms with E-state index in [1.54, 1.807) is 19.5 Å². The van der Waals surface area contributed by atoms with Gasteiger partial charge in [-0.25, -0.2) is 14.2 Å². The number of rotatable bonds is 18. The van der Waals surface area contributed by atoms with Gasteiger partial charge in [0.25, 0.3) is 0 Å². The molecule has 2 atom stereocenters. The molecule has 20 heteroatoms. The van der Waals surface area contributed by atoms with Crippen LogP contribution in [0.25, 0.3) is 22.0 Å². The van der Waals surface area contributed by atoms with E-state index in [0.717, 1.165) is 98.1 Å². The van der Waals surface area contributed by atoms with Crippen LogP contribution in [0.5, 0.6) is 5.75 Å². The predicted octanol–water partition coefficient (Wildman–Crippen LogP) is 7.75. The SMILES string of the molecule is CCOc1cc(N2CCC(NCCNC[C@@H]3CCN(c4cc(F)cc5c4oc(=O)n5C4CCC(=O)NC4=O)C3)CC2)c(CC)cc1Nc1ncc(Br)c(Nc2ccc3nc(CC)ccc3c2P(C)(C)=O)n1. The summed E-state index contributed by atoms with van der Waals surface area (Å²) in [4.78, 5) is 56.1. The van der Waals surface area contributed by atoms with E-state index in [1.807, 2.05) is 36.1 Å². The number of ether oxygens (including phenoxy) is 1. The molecule has 0 spiro atoms. The zero-order valence-corrected chi connectivity index (χ0v) is 43.4. The largest absolute Gasteiger partial charge is 0.492 e. The number of benzene rings is 3. The van der Waals surface area contributed by atoms with E-state index in [1.165, 1.54) is 22.3 Å². The number of oxazole rings is 1. The lowest BCUT2D eigenvalue weighted by Crippen LogP contribution is -2.44. The van der Waals surface area contributed by atoms with Crippen molar-refractivity contribution in [3.8, 4) is 5.75 Å². The fourth-order valence-electron chi connectivity index (χ4n) is 10.2. The van der Waals surface area contributed by atoms with E-state index in [0.29, 0.717) is 65.0 Å². The van der Waals surface area contributed by atoms with E-state index in [9.17, 15) is 18.9 Å². The Kier molecular flexibility index (Phi) is 15.1. The number of piperidine rings is 2. The number of aryl methyl sites for hydroxylation is 2. The van der Waals surface area contributed by atoms with Crippen LogP contribution in [0.4, 0.5) is 38.9 Å². The fourth-order valence-corrected chi connectivity index (χ4v) is 12.0. The highest BCUT2D eigenvalue weighted by Gasteiger charge is 2.34. The van der Waals surface area contributed by atoms with Crippen molar-refractivity contribution in [3.05, 3.63) is 86.8 Å². The van der Waals surface area contributed by atoms with Gasteiger partial charge in [-0.2, -0.15) is 4.98 Å². The van der Waals surface area contributed by atoms with Gasteiger partial charge < -0.3 is 44.8 Å². The van der Waals surface area contributed by atoms with Crippen LogP contribution in [-0.2, 0) is 27.0 Å². The lowest BCUT2D eigenvalue weighted by atomic mass is 10.0. The Morgan fingerprint density at radius 2 is 1.70 bits per heavy atom. The lowest BCUT2D eigenvalue weighted by Gasteiger charge is -2.35. The van der Waals surface area contributed by atoms with Gasteiger partial charge in [-0.15, -0.1) is 0 Å². The predicted molar refractivity (Wildman–Crippen MR) is 282 cm³/mol. The summed E-state index contributed by atoms with van der Waals surface area (Å²) in [5.41, 5.74) is 6.57. The summed E-state index contributed by atoms with van der Waals surface area (Å²) < 4.78 is 42.5. The van der Waals surface area contributed by atoms with Crippen LogP contribution < -0.4 is 52.2 Å². The number of amides is 2. The average Bonchev–Trinajstić information content (AvgIpc) is 3.95. The standard InChI is InChI=1S/C51H62BrFN11O6P/c1-6-31-23-39(59-50-56-28-36(52)48(61-50)58-38-12-11-37-35(47(38)71(4,5)68)10-9-33(7-2)57-37)44(69-8-3)26-41(31)62-21-16-34(17-22-62)55-19-18-54-27-30-15-20-63(29-30)42-24-32(53)25-43-46(42)70-51(67)64(43)40-13-14-45(65)60-49(40)66/h9-12,23-26,28,30,34,40,54-55H,6-8,13-22,27,29H2,1-5H3,(H,60,65,66)(H2,56,58,59,61)/t30-,40?/m0/s1. The number of anilines is 6. The highest BCUT2D eigenvalue weighted by atomic mass is 79.9. The molecule has 3 aromatic heterocycles. The lowest BCUT2D eigenvalue weighted by molar-refractivity contribution is -0.135. The maximum absolute atomic E-state index is 15.0. The van der Waals surface area contributed by atoms with Gasteiger partial charge in [0, 0.05) is 98.2 Å². The van der Waals surface area contributed by atoms with Crippen molar-refractivity contribution in [1.29, 1.82) is 0 Å². The highest BCUT2D eigenvalue weighted by Crippen LogP contribution is 2.43. The number of halogens is 2. The normalized spacial score (nSPS) is 17.9. The molecule has 9 rings (SSSR count). The molecule has 6 aromatic rings. The summed E-state index contributed by atoms with van der Waals surface area (Å²) in [6.45, 7) is 15.8. The number of nitrogens with one attached hydrogen (secondary N) is 5. The van der Waals surface area contributed by atoms with Gasteiger partial charge in [0.1, 0.15) is 30.6 Å². The first kappa shape index (κ1) is 50.1. The first-order valence-corrected chi connectivity index (χ1v) is 28.1. The van der Waals surface area contributed by atoms with Crippen molar-refractivity contribution >= 4 is 96.7 Å². The van der Waals surface area contributed by atoms with Crippen molar-refractivity contribution in [2.24, 2.45) is 5.92 Å². The van der Waals surface area contributed by atoms with Crippen molar-refractivity contribution < 1.29 is 27.7 Å². The van der Waals surface area contributed by atoms with E-state index in [4.69, 9.17) is 19.1 Å². The van der Waals surface area contributed by atoms with Crippen molar-refractivity contribution in [2.75, 3.05) is 86.2 Å². The molecular weight excluding hydrogens is 993 g/mol. The molecule has 0 bridgehead atoms. The molecular formula is C51H62BrFN11O6P. The van der Waals surface area contributed by atoms with Crippen LogP contribution in [0.1, 0.15) is 70.2 Å². The molecule has 3 saturated heterocycles. The Labute approximate surface area is 420 Å². The van der Waals surface area contributed by atoms with Gasteiger partial charge in [-0.05, 0) is 117 Å². The molecule has 2 amide bonds. The molecule has 0 saturated carbocycles. The molecule has 3 aromatic carbocycles. The fraction of sp³-hybridized carbons (Fsp3) is 0.451. The smallest absolute Gasteiger partial charge is 0.420 e. The number of hydrogen-bond donors (Lipinski definition) is 5. The van der Waals surface area contributed by atoms with Gasteiger partial charge in [0.05, 0.1) is 39.2 Å². The van der Waals surface area contributed by atoms with Crippen LogP contribution in [0, 0.1) is 11.7 Å². The second kappa shape index (κ2) is 21.5. The van der Waals surface area contributed by atoms with Crippen molar-refractivity contribution in [2.45, 2.75) is 77.8 Å². The van der Waals surface area contributed by atoms with Crippen LogP contribution in [0.15, 0.2) is 68.4 Å². The maximum Gasteiger partial charge on any atom is 0.420 e. The number of nitrogens with zero attached hydrogens (tertiary/aromatic N) is 6. The van der Waals surface area contributed by atoms with Gasteiger partial charge in [-0.3, -0.25) is 24.5 Å². The molecule has 3 aliphatic heterocycles. The minimum atomic E-state index is -2.75. The Balaban J connectivity index is 0.780. The molecule has 17 nitrogen and oxygen atoms in total. The Morgan fingerprint density at radius 1 is 0.901 bits per heavy atom. The van der Waals surface area contributed by atoms with Gasteiger partial charge in [0.15, 0.2) is 5.58 Å². The molecule has 0 aliphatic carbocycles.